The van der Waals surface area contributed by atoms with Crippen LogP contribution in [0.2, 0.25) is 0 Å². The zero-order valence-electron chi connectivity index (χ0n) is 11.0. The first-order valence-electron chi connectivity index (χ1n) is 6.43. The summed E-state index contributed by atoms with van der Waals surface area (Å²) < 4.78 is 5.30. The largest absolute Gasteiger partial charge is 0.508 e. The predicted octanol–water partition coefficient (Wildman–Crippen LogP) is 2.55. The molecule has 1 aromatic heterocycles. The van der Waals surface area contributed by atoms with Gasteiger partial charge in [-0.15, -0.1) is 0 Å². The zero-order valence-corrected chi connectivity index (χ0v) is 11.0. The van der Waals surface area contributed by atoms with Gasteiger partial charge in [-0.3, -0.25) is 4.79 Å². The molecule has 0 fully saturated rings. The van der Waals surface area contributed by atoms with Crippen LogP contribution in [0.4, 0.5) is 0 Å². The number of furan rings is 1. The van der Waals surface area contributed by atoms with Crippen LogP contribution in [0.25, 0.3) is 0 Å². The van der Waals surface area contributed by atoms with E-state index in [1.165, 1.54) is 18.4 Å². The topological polar surface area (TPSA) is 92.3 Å². The molecule has 0 radical (unpaired) electrons. The van der Waals surface area contributed by atoms with E-state index in [0.717, 1.165) is 0 Å². The molecule has 0 spiro atoms. The third-order valence-electron chi connectivity index (χ3n) is 3.36. The van der Waals surface area contributed by atoms with Crippen LogP contribution >= 0.6 is 0 Å². The molecule has 2 unspecified atom stereocenters. The van der Waals surface area contributed by atoms with Gasteiger partial charge in [0.1, 0.15) is 11.5 Å². The second kappa shape index (κ2) is 5.32. The van der Waals surface area contributed by atoms with Crippen molar-refractivity contribution in [1.82, 2.24) is 0 Å². The highest BCUT2D eigenvalue weighted by atomic mass is 16.6. The van der Waals surface area contributed by atoms with Gasteiger partial charge >= 0.3 is 5.97 Å². The lowest BCUT2D eigenvalue weighted by Crippen LogP contribution is -2.21. The van der Waals surface area contributed by atoms with Crippen molar-refractivity contribution >= 4 is 11.7 Å². The minimum absolute atomic E-state index is 0.120. The number of carboxylic acid groups (broad SMARTS) is 1. The van der Waals surface area contributed by atoms with Crippen molar-refractivity contribution < 1.29 is 24.3 Å². The van der Waals surface area contributed by atoms with Crippen LogP contribution in [0.3, 0.4) is 0 Å². The van der Waals surface area contributed by atoms with Crippen molar-refractivity contribution in [3.8, 4) is 5.75 Å². The van der Waals surface area contributed by atoms with Gasteiger partial charge in [0.25, 0.3) is 0 Å². The van der Waals surface area contributed by atoms with Gasteiger partial charge in [0.05, 0.1) is 24.3 Å². The van der Waals surface area contributed by atoms with E-state index in [9.17, 15) is 9.90 Å². The number of oxime groups is 1. The Morgan fingerprint density at radius 3 is 2.62 bits per heavy atom. The quantitative estimate of drug-likeness (QED) is 0.901. The van der Waals surface area contributed by atoms with Gasteiger partial charge in [0.2, 0.25) is 0 Å². The van der Waals surface area contributed by atoms with E-state index < -0.39 is 18.0 Å². The molecule has 0 bridgehead atoms. The molecule has 1 aliphatic rings. The van der Waals surface area contributed by atoms with Gasteiger partial charge < -0.3 is 19.5 Å². The highest BCUT2D eigenvalue weighted by molar-refractivity contribution is 6.04. The Morgan fingerprint density at radius 1 is 1.24 bits per heavy atom. The highest BCUT2D eigenvalue weighted by Gasteiger charge is 2.39. The molecule has 6 heteroatoms. The molecule has 6 nitrogen and oxygen atoms in total. The smallest absolute Gasteiger partial charge is 0.304 e. The number of hydrogen-bond donors (Lipinski definition) is 2. The van der Waals surface area contributed by atoms with Gasteiger partial charge in [-0.25, -0.2) is 0 Å². The number of carboxylic acids is 1. The monoisotopic (exact) mass is 287 g/mol. The van der Waals surface area contributed by atoms with Gasteiger partial charge in [0, 0.05) is 5.56 Å². The fourth-order valence-electron chi connectivity index (χ4n) is 2.39. The van der Waals surface area contributed by atoms with E-state index in [1.54, 1.807) is 24.3 Å². The second-order valence-corrected chi connectivity index (χ2v) is 4.77. The molecule has 2 heterocycles. The summed E-state index contributed by atoms with van der Waals surface area (Å²) in [5, 5.41) is 22.5. The highest BCUT2D eigenvalue weighted by Crippen LogP contribution is 2.37. The summed E-state index contributed by atoms with van der Waals surface area (Å²) in [6, 6.07) is 9.85. The molecule has 2 aromatic rings. The van der Waals surface area contributed by atoms with Crippen molar-refractivity contribution in [2.24, 2.45) is 11.1 Å². The maximum absolute atomic E-state index is 11.1. The number of phenols is 1. The van der Waals surface area contributed by atoms with Crippen molar-refractivity contribution in [2.75, 3.05) is 0 Å². The van der Waals surface area contributed by atoms with Gasteiger partial charge in [-0.2, -0.15) is 0 Å². The van der Waals surface area contributed by atoms with Crippen LogP contribution in [0.15, 0.2) is 52.2 Å². The second-order valence-electron chi connectivity index (χ2n) is 4.77. The molecule has 2 N–H and O–H groups in total. The molecule has 2 atom stereocenters. The number of rotatable bonds is 4. The molecule has 1 aromatic carbocycles. The normalized spacial score (nSPS) is 20.9. The summed E-state index contributed by atoms with van der Waals surface area (Å²) in [4.78, 5) is 16.5. The molecule has 1 aliphatic heterocycles. The van der Waals surface area contributed by atoms with E-state index in [2.05, 4.69) is 5.16 Å². The van der Waals surface area contributed by atoms with Crippen LogP contribution in [0.5, 0.6) is 5.75 Å². The average Bonchev–Trinajstić information content (AvgIpc) is 3.08. The van der Waals surface area contributed by atoms with Crippen LogP contribution in [-0.4, -0.2) is 21.9 Å². The van der Waals surface area contributed by atoms with Crippen LogP contribution in [0, 0.1) is 5.92 Å². The summed E-state index contributed by atoms with van der Waals surface area (Å²) in [5.74, 6) is -0.707. The van der Waals surface area contributed by atoms with Crippen LogP contribution < -0.4 is 0 Å². The summed E-state index contributed by atoms with van der Waals surface area (Å²) in [6.45, 7) is 0. The van der Waals surface area contributed by atoms with E-state index >= 15 is 0 Å². The van der Waals surface area contributed by atoms with Crippen molar-refractivity contribution in [1.29, 1.82) is 0 Å². The molecular formula is C15H13NO5. The number of benzene rings is 1. The lowest BCUT2D eigenvalue weighted by molar-refractivity contribution is -0.138. The average molecular weight is 287 g/mol. The lowest BCUT2D eigenvalue weighted by atomic mass is 9.88. The Bertz CT molecular complexity index is 660. The van der Waals surface area contributed by atoms with Gasteiger partial charge in [-0.05, 0) is 36.4 Å². The number of phenolic OH excluding ortho intramolecular Hbond substituents is 1. The zero-order chi connectivity index (χ0) is 14.8. The third kappa shape index (κ3) is 2.60. The van der Waals surface area contributed by atoms with Gasteiger partial charge in [-0.1, -0.05) is 5.16 Å². The Balaban J connectivity index is 1.92. The van der Waals surface area contributed by atoms with E-state index in [1.807, 2.05) is 0 Å². The maximum atomic E-state index is 11.1. The van der Waals surface area contributed by atoms with Crippen molar-refractivity contribution in [2.45, 2.75) is 12.5 Å². The minimum Gasteiger partial charge on any atom is -0.508 e. The number of aliphatic carboxylic acids is 1. The summed E-state index contributed by atoms with van der Waals surface area (Å²) in [6.07, 6.45) is 0.833. The van der Waals surface area contributed by atoms with Crippen molar-refractivity contribution in [3.05, 3.63) is 54.0 Å². The Labute approximate surface area is 120 Å². The number of hydrogen-bond acceptors (Lipinski definition) is 5. The van der Waals surface area contributed by atoms with Gasteiger partial charge in [0.15, 0.2) is 6.10 Å². The fourth-order valence-corrected chi connectivity index (χ4v) is 2.39. The maximum Gasteiger partial charge on any atom is 0.304 e. The summed E-state index contributed by atoms with van der Waals surface area (Å²) in [7, 11) is 0. The number of aromatic hydroxyl groups is 1. The van der Waals surface area contributed by atoms with E-state index in [-0.39, 0.29) is 12.2 Å². The molecule has 108 valence electrons. The molecular weight excluding hydrogens is 274 g/mol. The Kier molecular flexibility index (Phi) is 3.35. The SMILES string of the molecule is O=C(O)CC1C(c2ccc(O)cc2)=NOC1c1ccco1. The predicted molar refractivity (Wildman–Crippen MR) is 72.9 cm³/mol. The Hall–Kier alpha value is -2.76. The van der Waals surface area contributed by atoms with E-state index in [0.29, 0.717) is 17.0 Å². The first kappa shape index (κ1) is 13.2. The summed E-state index contributed by atoms with van der Waals surface area (Å²) in [5.41, 5.74) is 1.26. The molecule has 0 saturated carbocycles. The minimum atomic E-state index is -0.937. The van der Waals surface area contributed by atoms with Crippen LogP contribution in [0.1, 0.15) is 23.8 Å². The van der Waals surface area contributed by atoms with Crippen molar-refractivity contribution in [3.63, 3.8) is 0 Å². The first-order valence-corrected chi connectivity index (χ1v) is 6.43. The molecule has 0 amide bonds. The molecule has 0 saturated heterocycles. The van der Waals surface area contributed by atoms with E-state index in [4.69, 9.17) is 14.4 Å². The van der Waals surface area contributed by atoms with Crippen LogP contribution in [-0.2, 0) is 9.63 Å². The standard InChI is InChI=1S/C15H13NO5/c17-10-5-3-9(4-6-10)14-11(8-13(18)19)15(21-16-14)12-2-1-7-20-12/h1-7,11,15,17H,8H2,(H,18,19). The fraction of sp³-hybridized carbons (Fsp3) is 0.200. The molecule has 0 aliphatic carbocycles. The number of carbonyl (C=O) groups is 1. The lowest BCUT2D eigenvalue weighted by Gasteiger charge is -2.15. The molecule has 3 rings (SSSR count). The molecule has 21 heavy (non-hydrogen) atoms. The third-order valence-corrected chi connectivity index (χ3v) is 3.36. The Morgan fingerprint density at radius 2 is 2.00 bits per heavy atom. The first-order chi connectivity index (χ1) is 10.1. The summed E-state index contributed by atoms with van der Waals surface area (Å²) >= 11 is 0. The number of nitrogens with zero attached hydrogens (tertiary/aromatic N) is 1.